The molecule has 3 heteroatoms. The fraction of sp³-hybridized carbons (Fsp3) is 1.00. The first-order valence-electron chi connectivity index (χ1n) is 5.70. The third kappa shape index (κ3) is 3.56. The molecular formula is C11H24N2O. The number of hydrogen-bond donors (Lipinski definition) is 2. The van der Waals surface area contributed by atoms with Gasteiger partial charge in [0, 0.05) is 26.3 Å². The van der Waals surface area contributed by atoms with Crippen LogP contribution in [0.15, 0.2) is 0 Å². The van der Waals surface area contributed by atoms with Gasteiger partial charge in [-0.15, -0.1) is 0 Å². The minimum absolute atomic E-state index is 0.596. The number of ether oxygens (including phenoxy) is 1. The second-order valence-corrected chi connectivity index (χ2v) is 4.50. The highest BCUT2D eigenvalue weighted by Crippen LogP contribution is 2.24. The topological polar surface area (TPSA) is 47.3 Å². The Balaban J connectivity index is 2.16. The van der Waals surface area contributed by atoms with Gasteiger partial charge in [-0.2, -0.15) is 0 Å². The van der Waals surface area contributed by atoms with Gasteiger partial charge in [0.25, 0.3) is 0 Å². The van der Waals surface area contributed by atoms with E-state index in [4.69, 9.17) is 10.5 Å². The average molecular weight is 200 g/mol. The summed E-state index contributed by atoms with van der Waals surface area (Å²) in [5.74, 6) is 1.30. The van der Waals surface area contributed by atoms with E-state index in [0.29, 0.717) is 17.9 Å². The average Bonchev–Trinajstić information content (AvgIpc) is 2.62. The van der Waals surface area contributed by atoms with Gasteiger partial charge < -0.3 is 15.8 Å². The maximum atomic E-state index is 5.72. The van der Waals surface area contributed by atoms with Crippen LogP contribution in [0.25, 0.3) is 0 Å². The summed E-state index contributed by atoms with van der Waals surface area (Å²) >= 11 is 0. The summed E-state index contributed by atoms with van der Waals surface area (Å²) in [5.41, 5.74) is 5.72. The van der Waals surface area contributed by atoms with Crippen molar-refractivity contribution < 1.29 is 4.74 Å². The lowest BCUT2D eigenvalue weighted by atomic mass is 10.0. The molecule has 1 fully saturated rings. The lowest BCUT2D eigenvalue weighted by Crippen LogP contribution is -2.38. The molecule has 1 saturated carbocycles. The molecule has 0 heterocycles. The number of hydrogen-bond acceptors (Lipinski definition) is 3. The molecule has 84 valence electrons. The van der Waals surface area contributed by atoms with Crippen molar-refractivity contribution in [2.24, 2.45) is 17.6 Å². The quantitative estimate of drug-likeness (QED) is 0.672. The van der Waals surface area contributed by atoms with Gasteiger partial charge in [0.15, 0.2) is 0 Å². The first-order chi connectivity index (χ1) is 6.77. The molecule has 1 aliphatic rings. The molecule has 0 bridgehead atoms. The van der Waals surface area contributed by atoms with Crippen molar-refractivity contribution in [3.05, 3.63) is 0 Å². The second kappa shape index (κ2) is 6.38. The summed E-state index contributed by atoms with van der Waals surface area (Å²) in [6.45, 7) is 4.93. The van der Waals surface area contributed by atoms with Gasteiger partial charge in [-0.05, 0) is 31.2 Å². The van der Waals surface area contributed by atoms with Crippen LogP contribution in [0, 0.1) is 11.8 Å². The highest BCUT2D eigenvalue weighted by molar-refractivity contribution is 4.83. The predicted molar refractivity (Wildman–Crippen MR) is 59.2 cm³/mol. The van der Waals surface area contributed by atoms with Crippen LogP contribution in [0.4, 0.5) is 0 Å². The molecule has 0 aromatic heterocycles. The standard InChI is InChI=1S/C11H24N2O/c1-9(8-14-2)7-13-11-5-3-4-10(11)6-12/h9-11,13H,3-8,12H2,1-2H3. The Kier molecular flexibility index (Phi) is 5.45. The van der Waals surface area contributed by atoms with Crippen LogP contribution < -0.4 is 11.1 Å². The van der Waals surface area contributed by atoms with Crippen molar-refractivity contribution >= 4 is 0 Å². The largest absolute Gasteiger partial charge is 0.384 e. The van der Waals surface area contributed by atoms with Crippen LogP contribution in [-0.2, 0) is 4.74 Å². The van der Waals surface area contributed by atoms with E-state index in [1.165, 1.54) is 19.3 Å². The zero-order chi connectivity index (χ0) is 10.4. The Morgan fingerprint density at radius 1 is 1.50 bits per heavy atom. The molecule has 1 rings (SSSR count). The smallest absolute Gasteiger partial charge is 0.0499 e. The number of rotatable bonds is 6. The SMILES string of the molecule is COCC(C)CNC1CCCC1CN. The van der Waals surface area contributed by atoms with Crippen LogP contribution in [0.3, 0.4) is 0 Å². The third-order valence-corrected chi connectivity index (χ3v) is 3.14. The molecule has 14 heavy (non-hydrogen) atoms. The summed E-state index contributed by atoms with van der Waals surface area (Å²) in [6, 6.07) is 0.652. The molecule has 0 radical (unpaired) electrons. The molecule has 3 N–H and O–H groups in total. The zero-order valence-electron chi connectivity index (χ0n) is 9.46. The molecule has 0 aromatic rings. The second-order valence-electron chi connectivity index (χ2n) is 4.50. The minimum atomic E-state index is 0.596. The number of nitrogens with two attached hydrogens (primary N) is 1. The molecule has 3 unspecified atom stereocenters. The van der Waals surface area contributed by atoms with Gasteiger partial charge in [0.1, 0.15) is 0 Å². The molecule has 0 amide bonds. The summed E-state index contributed by atoms with van der Waals surface area (Å²) in [4.78, 5) is 0. The fourth-order valence-electron chi connectivity index (χ4n) is 2.28. The van der Waals surface area contributed by atoms with Gasteiger partial charge in [0.05, 0.1) is 0 Å². The zero-order valence-corrected chi connectivity index (χ0v) is 9.46. The Morgan fingerprint density at radius 3 is 2.93 bits per heavy atom. The van der Waals surface area contributed by atoms with Crippen molar-refractivity contribution in [2.75, 3.05) is 26.8 Å². The maximum Gasteiger partial charge on any atom is 0.0499 e. The van der Waals surface area contributed by atoms with Crippen molar-refractivity contribution in [3.8, 4) is 0 Å². The summed E-state index contributed by atoms with van der Waals surface area (Å²) in [7, 11) is 1.76. The molecule has 3 atom stereocenters. The molecule has 1 aliphatic carbocycles. The Morgan fingerprint density at radius 2 is 2.29 bits per heavy atom. The van der Waals surface area contributed by atoms with Crippen LogP contribution in [0.2, 0.25) is 0 Å². The van der Waals surface area contributed by atoms with E-state index in [2.05, 4.69) is 12.2 Å². The van der Waals surface area contributed by atoms with Crippen molar-refractivity contribution in [1.82, 2.24) is 5.32 Å². The van der Waals surface area contributed by atoms with Gasteiger partial charge in [-0.1, -0.05) is 13.3 Å². The van der Waals surface area contributed by atoms with Gasteiger partial charge >= 0.3 is 0 Å². The lowest BCUT2D eigenvalue weighted by Gasteiger charge is -2.21. The molecule has 0 spiro atoms. The Labute approximate surface area is 87.4 Å². The molecule has 0 saturated heterocycles. The molecule has 0 aromatic carbocycles. The molecular weight excluding hydrogens is 176 g/mol. The Bertz CT molecular complexity index is 152. The first kappa shape index (κ1) is 12.0. The molecule has 0 aliphatic heterocycles. The van der Waals surface area contributed by atoms with E-state index < -0.39 is 0 Å². The minimum Gasteiger partial charge on any atom is -0.384 e. The number of methoxy groups -OCH3 is 1. The summed E-state index contributed by atoms with van der Waals surface area (Å²) < 4.78 is 5.11. The van der Waals surface area contributed by atoms with E-state index in [1.807, 2.05) is 0 Å². The van der Waals surface area contributed by atoms with Crippen LogP contribution >= 0.6 is 0 Å². The first-order valence-corrected chi connectivity index (χ1v) is 5.70. The predicted octanol–water partition coefficient (Wildman–Crippen LogP) is 0.986. The highest BCUT2D eigenvalue weighted by atomic mass is 16.5. The van der Waals surface area contributed by atoms with Gasteiger partial charge in [-0.25, -0.2) is 0 Å². The Hall–Kier alpha value is -0.120. The van der Waals surface area contributed by atoms with Gasteiger partial charge in [0.2, 0.25) is 0 Å². The monoisotopic (exact) mass is 200 g/mol. The highest BCUT2D eigenvalue weighted by Gasteiger charge is 2.25. The maximum absolute atomic E-state index is 5.72. The van der Waals surface area contributed by atoms with Crippen LogP contribution in [-0.4, -0.2) is 32.8 Å². The third-order valence-electron chi connectivity index (χ3n) is 3.14. The van der Waals surface area contributed by atoms with Crippen molar-refractivity contribution in [2.45, 2.75) is 32.2 Å². The lowest BCUT2D eigenvalue weighted by molar-refractivity contribution is 0.155. The van der Waals surface area contributed by atoms with E-state index in [9.17, 15) is 0 Å². The van der Waals surface area contributed by atoms with Crippen molar-refractivity contribution in [3.63, 3.8) is 0 Å². The van der Waals surface area contributed by atoms with Crippen molar-refractivity contribution in [1.29, 1.82) is 0 Å². The van der Waals surface area contributed by atoms with Crippen LogP contribution in [0.5, 0.6) is 0 Å². The van der Waals surface area contributed by atoms with E-state index in [-0.39, 0.29) is 0 Å². The van der Waals surface area contributed by atoms with Crippen LogP contribution in [0.1, 0.15) is 26.2 Å². The van der Waals surface area contributed by atoms with E-state index in [0.717, 1.165) is 19.7 Å². The van der Waals surface area contributed by atoms with E-state index >= 15 is 0 Å². The fourth-order valence-corrected chi connectivity index (χ4v) is 2.28. The van der Waals surface area contributed by atoms with E-state index in [1.54, 1.807) is 7.11 Å². The number of nitrogens with one attached hydrogen (secondary N) is 1. The normalized spacial score (nSPS) is 29.4. The molecule has 3 nitrogen and oxygen atoms in total. The summed E-state index contributed by atoms with van der Waals surface area (Å²) in [6.07, 6.45) is 3.92. The summed E-state index contributed by atoms with van der Waals surface area (Å²) in [5, 5.41) is 3.61. The van der Waals surface area contributed by atoms with Gasteiger partial charge in [-0.3, -0.25) is 0 Å².